The molecule has 2 amide bonds. The zero-order valence-electron chi connectivity index (χ0n) is 14.0. The van der Waals surface area contributed by atoms with Gasteiger partial charge in [0.05, 0.1) is 0 Å². The van der Waals surface area contributed by atoms with E-state index < -0.39 is 11.9 Å². The number of carbonyl (C=O) groups excluding carboxylic acids is 2. The van der Waals surface area contributed by atoms with Crippen molar-refractivity contribution >= 4 is 17.6 Å². The number of amides is 2. The number of carbonyl (C=O) groups is 2. The zero-order valence-corrected chi connectivity index (χ0v) is 14.0. The summed E-state index contributed by atoms with van der Waals surface area (Å²) in [4.78, 5) is 32.7. The summed E-state index contributed by atoms with van der Waals surface area (Å²) in [6, 6.07) is 1.24. The van der Waals surface area contributed by atoms with Crippen LogP contribution in [0.2, 0.25) is 0 Å². The van der Waals surface area contributed by atoms with Gasteiger partial charge >= 0.3 is 0 Å². The molecule has 0 bridgehead atoms. The number of rotatable bonds is 5. The number of likely N-dealkylation sites (N-methyl/N-ethyl adjacent to an activating group) is 1. The minimum Gasteiger partial charge on any atom is -0.357 e. The molecule has 0 spiro atoms. The highest BCUT2D eigenvalue weighted by Gasteiger charge is 2.24. The monoisotopic (exact) mass is 318 g/mol. The third-order valence-corrected chi connectivity index (χ3v) is 3.40. The Bertz CT molecular complexity index is 737. The molecule has 0 aromatic carbocycles. The summed E-state index contributed by atoms with van der Waals surface area (Å²) in [5, 5.41) is 9.42. The number of aromatic nitrogens is 4. The Balaban J connectivity index is 2.25. The lowest BCUT2D eigenvalue weighted by atomic mass is 10.0. The van der Waals surface area contributed by atoms with Gasteiger partial charge in [-0.1, -0.05) is 13.8 Å². The Morgan fingerprint density at radius 2 is 1.96 bits per heavy atom. The summed E-state index contributed by atoms with van der Waals surface area (Å²) in [6.45, 7) is 7.69. The van der Waals surface area contributed by atoms with E-state index in [-0.39, 0.29) is 17.6 Å². The molecule has 0 aliphatic heterocycles. The van der Waals surface area contributed by atoms with Crippen LogP contribution in [0.1, 0.15) is 42.3 Å². The molecule has 124 valence electrons. The third kappa shape index (κ3) is 3.82. The van der Waals surface area contributed by atoms with Gasteiger partial charge in [0.25, 0.3) is 11.7 Å². The highest BCUT2D eigenvalue weighted by molar-refractivity contribution is 5.95. The lowest BCUT2D eigenvalue weighted by molar-refractivity contribution is -0.122. The molecule has 0 saturated carbocycles. The highest BCUT2D eigenvalue weighted by atomic mass is 16.2. The minimum atomic E-state index is -0.616. The van der Waals surface area contributed by atoms with Crippen LogP contribution < -0.4 is 10.6 Å². The van der Waals surface area contributed by atoms with Gasteiger partial charge in [0.1, 0.15) is 6.04 Å². The van der Waals surface area contributed by atoms with E-state index in [9.17, 15) is 9.59 Å². The van der Waals surface area contributed by atoms with Crippen molar-refractivity contribution in [2.24, 2.45) is 5.92 Å². The van der Waals surface area contributed by atoms with Crippen molar-refractivity contribution in [2.45, 2.75) is 40.2 Å². The third-order valence-electron chi connectivity index (χ3n) is 3.40. The van der Waals surface area contributed by atoms with Crippen LogP contribution in [0.5, 0.6) is 0 Å². The molecular formula is C15H22N6O2. The fourth-order valence-corrected chi connectivity index (χ4v) is 2.36. The zero-order chi connectivity index (χ0) is 17.1. The smallest absolute Gasteiger partial charge is 0.291 e. The van der Waals surface area contributed by atoms with Gasteiger partial charge in [0, 0.05) is 18.4 Å². The first-order valence-electron chi connectivity index (χ1n) is 7.55. The van der Waals surface area contributed by atoms with Crippen LogP contribution in [0, 0.1) is 19.8 Å². The van der Waals surface area contributed by atoms with Gasteiger partial charge in [-0.25, -0.2) is 9.50 Å². The average molecular weight is 318 g/mol. The number of hydrogen-bond donors (Lipinski definition) is 2. The normalized spacial score (nSPS) is 12.4. The van der Waals surface area contributed by atoms with Crippen molar-refractivity contribution in [3.63, 3.8) is 0 Å². The highest BCUT2D eigenvalue weighted by Crippen LogP contribution is 2.08. The lowest BCUT2D eigenvalue weighted by Gasteiger charge is -2.18. The first-order chi connectivity index (χ1) is 10.8. The first-order valence-corrected chi connectivity index (χ1v) is 7.55. The summed E-state index contributed by atoms with van der Waals surface area (Å²) in [7, 11) is 1.54. The second-order valence-corrected chi connectivity index (χ2v) is 5.96. The molecule has 1 atom stereocenters. The van der Waals surface area contributed by atoms with Crippen molar-refractivity contribution in [1.82, 2.24) is 30.2 Å². The molecule has 0 aliphatic carbocycles. The van der Waals surface area contributed by atoms with Gasteiger partial charge < -0.3 is 10.6 Å². The molecular weight excluding hydrogens is 296 g/mol. The molecule has 0 saturated heterocycles. The Morgan fingerprint density at radius 3 is 2.57 bits per heavy atom. The minimum absolute atomic E-state index is 0.00357. The molecule has 8 heteroatoms. The Hall–Kier alpha value is -2.51. The molecule has 0 unspecified atom stereocenters. The summed E-state index contributed by atoms with van der Waals surface area (Å²) in [5.74, 6) is -0.0854. The molecule has 0 fully saturated rings. The van der Waals surface area contributed by atoms with Crippen molar-refractivity contribution in [1.29, 1.82) is 0 Å². The largest absolute Gasteiger partial charge is 0.357 e. The van der Waals surface area contributed by atoms with E-state index in [0.717, 1.165) is 11.4 Å². The van der Waals surface area contributed by atoms with Gasteiger partial charge in [0.2, 0.25) is 11.7 Å². The second-order valence-electron chi connectivity index (χ2n) is 5.96. The van der Waals surface area contributed by atoms with Crippen LogP contribution in [0.3, 0.4) is 0 Å². The fourth-order valence-electron chi connectivity index (χ4n) is 2.36. The number of nitrogens with zero attached hydrogens (tertiary/aromatic N) is 4. The maximum absolute atomic E-state index is 12.4. The molecule has 8 nitrogen and oxygen atoms in total. The number of fused-ring (bicyclic) bond motifs is 1. The first kappa shape index (κ1) is 16.9. The Kier molecular flexibility index (Phi) is 4.92. The number of aryl methyl sites for hydroxylation is 2. The molecule has 2 aromatic heterocycles. The molecule has 2 heterocycles. The van der Waals surface area contributed by atoms with Gasteiger partial charge in [-0.15, -0.1) is 5.10 Å². The van der Waals surface area contributed by atoms with Gasteiger partial charge in [-0.3, -0.25) is 9.59 Å². The van der Waals surface area contributed by atoms with Crippen LogP contribution >= 0.6 is 0 Å². The average Bonchev–Trinajstić information content (AvgIpc) is 2.89. The van der Waals surface area contributed by atoms with Gasteiger partial charge in [-0.05, 0) is 32.3 Å². The van der Waals surface area contributed by atoms with Crippen LogP contribution in [-0.4, -0.2) is 44.5 Å². The van der Waals surface area contributed by atoms with Crippen LogP contribution in [0.15, 0.2) is 6.07 Å². The van der Waals surface area contributed by atoms with Crippen molar-refractivity contribution < 1.29 is 9.59 Å². The van der Waals surface area contributed by atoms with E-state index in [1.807, 2.05) is 33.8 Å². The Labute approximate surface area is 134 Å². The second kappa shape index (κ2) is 6.72. The van der Waals surface area contributed by atoms with Crippen LogP contribution in [0.25, 0.3) is 5.78 Å². The van der Waals surface area contributed by atoms with Gasteiger partial charge in [0.15, 0.2) is 0 Å². The van der Waals surface area contributed by atoms with Crippen LogP contribution in [-0.2, 0) is 4.79 Å². The molecule has 2 rings (SSSR count). The van der Waals surface area contributed by atoms with E-state index in [0.29, 0.717) is 12.2 Å². The van der Waals surface area contributed by atoms with Crippen molar-refractivity contribution in [2.75, 3.05) is 7.05 Å². The SMILES string of the molecule is CNC(=O)[C@H](CC(C)C)NC(=O)c1nc2nc(C)cc(C)n2n1. The maximum atomic E-state index is 12.4. The van der Waals surface area contributed by atoms with E-state index >= 15 is 0 Å². The van der Waals surface area contributed by atoms with Crippen LogP contribution in [0.4, 0.5) is 0 Å². The molecule has 23 heavy (non-hydrogen) atoms. The number of nitrogens with one attached hydrogen (secondary N) is 2. The summed E-state index contributed by atoms with van der Waals surface area (Å²) in [5.41, 5.74) is 1.64. The quantitative estimate of drug-likeness (QED) is 0.842. The maximum Gasteiger partial charge on any atom is 0.291 e. The van der Waals surface area contributed by atoms with E-state index in [1.54, 1.807) is 7.05 Å². The van der Waals surface area contributed by atoms with Crippen molar-refractivity contribution in [3.05, 3.63) is 23.3 Å². The topological polar surface area (TPSA) is 101 Å². The van der Waals surface area contributed by atoms with E-state index in [4.69, 9.17) is 0 Å². The molecule has 0 radical (unpaired) electrons. The number of hydrogen-bond acceptors (Lipinski definition) is 5. The summed E-state index contributed by atoms with van der Waals surface area (Å²) < 4.78 is 1.51. The van der Waals surface area contributed by atoms with Crippen molar-refractivity contribution in [3.8, 4) is 0 Å². The summed E-state index contributed by atoms with van der Waals surface area (Å²) >= 11 is 0. The van der Waals surface area contributed by atoms with E-state index in [1.165, 1.54) is 4.52 Å². The molecule has 2 aromatic rings. The predicted octanol–water partition coefficient (Wildman–Crippen LogP) is 0.632. The van der Waals surface area contributed by atoms with E-state index in [2.05, 4.69) is 25.7 Å². The predicted molar refractivity (Wildman–Crippen MR) is 85.0 cm³/mol. The molecule has 2 N–H and O–H groups in total. The van der Waals surface area contributed by atoms with Gasteiger partial charge in [-0.2, -0.15) is 4.98 Å². The standard InChI is InChI=1S/C15H22N6O2/c1-8(2)6-11(13(22)16-5)18-14(23)12-19-15-17-9(3)7-10(4)21(15)20-12/h7-8,11H,6H2,1-5H3,(H,16,22)(H,18,23)/t11-/m0/s1. The lowest BCUT2D eigenvalue weighted by Crippen LogP contribution is -2.46. The Morgan fingerprint density at radius 1 is 1.26 bits per heavy atom. The summed E-state index contributed by atoms with van der Waals surface area (Å²) in [6.07, 6.45) is 0.537. The molecule has 0 aliphatic rings. The fraction of sp³-hybridized carbons (Fsp3) is 0.533.